The predicted octanol–water partition coefficient (Wildman–Crippen LogP) is 0.666. The molecule has 0 aromatic carbocycles. The molecule has 0 aliphatic carbocycles. The molecular weight excluding hydrogens is 166 g/mol. The van der Waals surface area contributed by atoms with Gasteiger partial charge in [-0.1, -0.05) is 6.92 Å². The van der Waals surface area contributed by atoms with Crippen LogP contribution >= 0.6 is 0 Å². The van der Waals surface area contributed by atoms with E-state index in [0.717, 1.165) is 12.0 Å². The molecule has 0 fully saturated rings. The lowest BCUT2D eigenvalue weighted by Gasteiger charge is -2.20. The number of carbonyl (C=O) groups excluding carboxylic acids is 1. The number of aromatic nitrogens is 2. The van der Waals surface area contributed by atoms with Gasteiger partial charge >= 0.3 is 0 Å². The van der Waals surface area contributed by atoms with E-state index in [-0.39, 0.29) is 5.91 Å². The smallest absolute Gasteiger partial charge is 0.244 e. The SMILES string of the molecule is CCc1cnn(C(C)(C)C(N)=O)c1. The highest BCUT2D eigenvalue weighted by Crippen LogP contribution is 2.13. The van der Waals surface area contributed by atoms with Crippen LogP contribution in [0.15, 0.2) is 12.4 Å². The molecule has 2 N–H and O–H groups in total. The first-order valence-electron chi connectivity index (χ1n) is 4.32. The molecule has 0 bridgehead atoms. The molecule has 0 spiro atoms. The molecule has 13 heavy (non-hydrogen) atoms. The minimum Gasteiger partial charge on any atom is -0.368 e. The highest BCUT2D eigenvalue weighted by Gasteiger charge is 2.27. The first-order chi connectivity index (χ1) is 5.98. The van der Waals surface area contributed by atoms with Crippen molar-refractivity contribution in [2.75, 3.05) is 0 Å². The molecular formula is C9H15N3O. The van der Waals surface area contributed by atoms with Gasteiger partial charge in [0.15, 0.2) is 0 Å². The van der Waals surface area contributed by atoms with E-state index in [1.54, 1.807) is 24.7 Å². The number of primary amides is 1. The highest BCUT2D eigenvalue weighted by atomic mass is 16.1. The maximum absolute atomic E-state index is 11.1. The molecule has 72 valence electrons. The fraction of sp³-hybridized carbons (Fsp3) is 0.556. The summed E-state index contributed by atoms with van der Waals surface area (Å²) in [6.45, 7) is 5.54. The van der Waals surface area contributed by atoms with E-state index in [1.165, 1.54) is 0 Å². The monoisotopic (exact) mass is 181 g/mol. The summed E-state index contributed by atoms with van der Waals surface area (Å²) in [7, 11) is 0. The molecule has 0 saturated carbocycles. The van der Waals surface area contributed by atoms with Crippen molar-refractivity contribution in [2.24, 2.45) is 5.73 Å². The molecule has 1 amide bonds. The Bertz CT molecular complexity index is 314. The van der Waals surface area contributed by atoms with Crippen LogP contribution in [0.2, 0.25) is 0 Å². The third-order valence-corrected chi connectivity index (χ3v) is 2.22. The topological polar surface area (TPSA) is 60.9 Å². The van der Waals surface area contributed by atoms with Gasteiger partial charge in [-0.3, -0.25) is 9.48 Å². The Kier molecular flexibility index (Phi) is 2.40. The van der Waals surface area contributed by atoms with E-state index in [0.29, 0.717) is 0 Å². The van der Waals surface area contributed by atoms with Crippen LogP contribution in [0.5, 0.6) is 0 Å². The van der Waals surface area contributed by atoms with Crippen LogP contribution < -0.4 is 5.73 Å². The van der Waals surface area contributed by atoms with Crippen LogP contribution in [0.4, 0.5) is 0 Å². The molecule has 4 nitrogen and oxygen atoms in total. The van der Waals surface area contributed by atoms with Crippen LogP contribution in [0.25, 0.3) is 0 Å². The molecule has 0 aliphatic heterocycles. The van der Waals surface area contributed by atoms with Crippen LogP contribution in [-0.2, 0) is 16.8 Å². The number of rotatable bonds is 3. The van der Waals surface area contributed by atoms with Gasteiger partial charge in [0.05, 0.1) is 6.20 Å². The fourth-order valence-corrected chi connectivity index (χ4v) is 0.961. The van der Waals surface area contributed by atoms with Gasteiger partial charge in [0.1, 0.15) is 5.54 Å². The molecule has 4 heteroatoms. The van der Waals surface area contributed by atoms with Gasteiger partial charge in [0.2, 0.25) is 5.91 Å². The number of nitrogens with two attached hydrogens (primary N) is 1. The summed E-state index contributed by atoms with van der Waals surface area (Å²) in [6, 6.07) is 0. The van der Waals surface area contributed by atoms with Crippen molar-refractivity contribution >= 4 is 5.91 Å². The van der Waals surface area contributed by atoms with Crippen molar-refractivity contribution < 1.29 is 4.79 Å². The van der Waals surface area contributed by atoms with Crippen LogP contribution in [-0.4, -0.2) is 15.7 Å². The predicted molar refractivity (Wildman–Crippen MR) is 50.1 cm³/mol. The number of aryl methyl sites for hydroxylation is 1. The average Bonchev–Trinajstić information content (AvgIpc) is 2.51. The zero-order chi connectivity index (χ0) is 10.1. The molecule has 1 aromatic rings. The summed E-state index contributed by atoms with van der Waals surface area (Å²) in [5, 5.41) is 4.10. The second kappa shape index (κ2) is 3.20. The Morgan fingerprint density at radius 3 is 2.69 bits per heavy atom. The minimum atomic E-state index is -0.743. The summed E-state index contributed by atoms with van der Waals surface area (Å²) in [5.41, 5.74) is 5.62. The Balaban J connectivity index is 3.00. The normalized spacial score (nSPS) is 11.6. The van der Waals surface area contributed by atoms with Crippen molar-refractivity contribution in [3.63, 3.8) is 0 Å². The summed E-state index contributed by atoms with van der Waals surface area (Å²) in [5.74, 6) is -0.377. The summed E-state index contributed by atoms with van der Waals surface area (Å²) in [4.78, 5) is 11.1. The molecule has 1 rings (SSSR count). The summed E-state index contributed by atoms with van der Waals surface area (Å²) >= 11 is 0. The van der Waals surface area contributed by atoms with E-state index in [9.17, 15) is 4.79 Å². The van der Waals surface area contributed by atoms with E-state index >= 15 is 0 Å². The van der Waals surface area contributed by atoms with E-state index in [4.69, 9.17) is 5.73 Å². The minimum absolute atomic E-state index is 0.377. The third kappa shape index (κ3) is 1.71. The van der Waals surface area contributed by atoms with Crippen molar-refractivity contribution in [3.8, 4) is 0 Å². The second-order valence-electron chi connectivity index (χ2n) is 3.57. The van der Waals surface area contributed by atoms with Crippen LogP contribution in [0.1, 0.15) is 26.3 Å². The van der Waals surface area contributed by atoms with Crippen molar-refractivity contribution in [1.82, 2.24) is 9.78 Å². The number of amides is 1. The molecule has 1 heterocycles. The lowest BCUT2D eigenvalue weighted by atomic mass is 10.1. The molecule has 0 aliphatic rings. The van der Waals surface area contributed by atoms with E-state index < -0.39 is 5.54 Å². The number of hydrogen-bond donors (Lipinski definition) is 1. The standard InChI is InChI=1S/C9H15N3O/c1-4-7-5-11-12(6-7)9(2,3)8(10)13/h5-6H,4H2,1-3H3,(H2,10,13). The second-order valence-corrected chi connectivity index (χ2v) is 3.57. The van der Waals surface area contributed by atoms with E-state index in [2.05, 4.69) is 5.10 Å². The molecule has 0 saturated heterocycles. The molecule has 1 aromatic heterocycles. The number of carbonyl (C=O) groups is 1. The molecule has 0 atom stereocenters. The van der Waals surface area contributed by atoms with Gasteiger partial charge in [-0.05, 0) is 25.8 Å². The lowest BCUT2D eigenvalue weighted by Crippen LogP contribution is -2.41. The maximum Gasteiger partial charge on any atom is 0.244 e. The first kappa shape index (κ1) is 9.77. The average molecular weight is 181 g/mol. The molecule has 0 unspecified atom stereocenters. The largest absolute Gasteiger partial charge is 0.368 e. The Morgan fingerprint density at radius 1 is 1.69 bits per heavy atom. The summed E-state index contributed by atoms with van der Waals surface area (Å²) < 4.78 is 1.61. The fourth-order valence-electron chi connectivity index (χ4n) is 0.961. The van der Waals surface area contributed by atoms with Gasteiger partial charge in [0, 0.05) is 6.20 Å². The van der Waals surface area contributed by atoms with Gasteiger partial charge in [-0.15, -0.1) is 0 Å². The quantitative estimate of drug-likeness (QED) is 0.744. The lowest BCUT2D eigenvalue weighted by molar-refractivity contribution is -0.125. The Morgan fingerprint density at radius 2 is 2.31 bits per heavy atom. The van der Waals surface area contributed by atoms with Crippen molar-refractivity contribution in [3.05, 3.63) is 18.0 Å². The Hall–Kier alpha value is -1.32. The number of hydrogen-bond acceptors (Lipinski definition) is 2. The zero-order valence-corrected chi connectivity index (χ0v) is 8.24. The van der Waals surface area contributed by atoms with Gasteiger partial charge in [-0.2, -0.15) is 5.10 Å². The van der Waals surface area contributed by atoms with Crippen molar-refractivity contribution in [1.29, 1.82) is 0 Å². The van der Waals surface area contributed by atoms with Crippen LogP contribution in [0.3, 0.4) is 0 Å². The van der Waals surface area contributed by atoms with Gasteiger partial charge in [-0.25, -0.2) is 0 Å². The maximum atomic E-state index is 11.1. The zero-order valence-electron chi connectivity index (χ0n) is 8.24. The molecule has 0 radical (unpaired) electrons. The van der Waals surface area contributed by atoms with Gasteiger partial charge in [0.25, 0.3) is 0 Å². The first-order valence-corrected chi connectivity index (χ1v) is 4.32. The van der Waals surface area contributed by atoms with Gasteiger partial charge < -0.3 is 5.73 Å². The van der Waals surface area contributed by atoms with E-state index in [1.807, 2.05) is 13.1 Å². The number of nitrogens with zero attached hydrogens (tertiary/aromatic N) is 2. The van der Waals surface area contributed by atoms with Crippen LogP contribution in [0, 0.1) is 0 Å². The van der Waals surface area contributed by atoms with Crippen molar-refractivity contribution in [2.45, 2.75) is 32.7 Å². The third-order valence-electron chi connectivity index (χ3n) is 2.22. The Labute approximate surface area is 77.7 Å². The summed E-state index contributed by atoms with van der Waals surface area (Å²) in [6.07, 6.45) is 4.52. The highest BCUT2D eigenvalue weighted by molar-refractivity contribution is 5.81.